The first-order valence-corrected chi connectivity index (χ1v) is 17.2. The Morgan fingerprint density at radius 1 is 0.714 bits per heavy atom. The van der Waals surface area contributed by atoms with Gasteiger partial charge in [-0.15, -0.1) is 0 Å². The van der Waals surface area contributed by atoms with Gasteiger partial charge >= 0.3 is 145 Å². The van der Waals surface area contributed by atoms with Crippen LogP contribution in [0.4, 0.5) is 0 Å². The normalized spacial score (nSPS) is 14.9. The van der Waals surface area contributed by atoms with E-state index in [4.69, 9.17) is 22.3 Å². The van der Waals surface area contributed by atoms with Crippen molar-refractivity contribution in [1.82, 2.24) is 0 Å². The Labute approximate surface area is 145 Å². The van der Waals surface area contributed by atoms with Crippen LogP contribution >= 0.6 is 28.3 Å². The second-order valence-electron chi connectivity index (χ2n) is 7.60. The van der Waals surface area contributed by atoms with Crippen LogP contribution < -0.4 is 0 Å². The van der Waals surface area contributed by atoms with E-state index in [1.165, 1.54) is 75.6 Å². The van der Waals surface area contributed by atoms with Gasteiger partial charge in [0.15, 0.2) is 0 Å². The van der Waals surface area contributed by atoms with Gasteiger partial charge in [-0.1, -0.05) is 0 Å². The van der Waals surface area contributed by atoms with E-state index in [0.717, 1.165) is 0 Å². The van der Waals surface area contributed by atoms with Gasteiger partial charge in [0, 0.05) is 0 Å². The summed E-state index contributed by atoms with van der Waals surface area (Å²) < 4.78 is 0. The van der Waals surface area contributed by atoms with E-state index in [1.807, 2.05) is 0 Å². The number of hydrogen-bond donors (Lipinski definition) is 0. The summed E-state index contributed by atoms with van der Waals surface area (Å²) in [6.45, 7) is 11.4. The van der Waals surface area contributed by atoms with Gasteiger partial charge < -0.3 is 0 Å². The number of unbranched alkanes of at least 4 members (excludes halogenated alkanes) is 3. The van der Waals surface area contributed by atoms with E-state index < -0.39 is 13.3 Å². The summed E-state index contributed by atoms with van der Waals surface area (Å²) in [7, 11) is -1.45. The molecule has 0 aromatic heterocycles. The van der Waals surface area contributed by atoms with E-state index in [0.29, 0.717) is 0 Å². The molecule has 0 aromatic carbocycles. The summed E-state index contributed by atoms with van der Waals surface area (Å²) in [4.78, 5) is 0. The molecule has 0 radical (unpaired) electrons. The Morgan fingerprint density at radius 2 is 1.05 bits per heavy atom. The van der Waals surface area contributed by atoms with E-state index in [9.17, 15) is 0 Å². The van der Waals surface area contributed by atoms with Gasteiger partial charge in [-0.3, -0.25) is 0 Å². The molecule has 4 heteroatoms. The zero-order chi connectivity index (χ0) is 16.4. The summed E-state index contributed by atoms with van der Waals surface area (Å²) >= 11 is 14.1. The molecule has 21 heavy (non-hydrogen) atoms. The fraction of sp³-hybridized carbons (Fsp3) is 1.00. The van der Waals surface area contributed by atoms with Gasteiger partial charge in [0.2, 0.25) is 0 Å². The van der Waals surface area contributed by atoms with Crippen LogP contribution in [0.15, 0.2) is 0 Å². The SMILES string of the molecule is CCCCP(Cl)(CCCC)(CCCC)CCC[Si](C)(C)Cl. The van der Waals surface area contributed by atoms with E-state index in [-0.39, 0.29) is 0 Å². The van der Waals surface area contributed by atoms with Crippen molar-refractivity contribution in [2.45, 2.75) is 84.9 Å². The van der Waals surface area contributed by atoms with Crippen LogP contribution in [0.3, 0.4) is 0 Å². The van der Waals surface area contributed by atoms with Gasteiger partial charge in [-0.05, 0) is 0 Å². The Bertz CT molecular complexity index is 252. The Hall–Kier alpha value is 1.23. The van der Waals surface area contributed by atoms with Crippen molar-refractivity contribution in [3.63, 3.8) is 0 Å². The molecule has 0 aliphatic heterocycles. The van der Waals surface area contributed by atoms with Crippen LogP contribution in [0.2, 0.25) is 19.1 Å². The molecule has 0 unspecified atom stereocenters. The average molecular weight is 373 g/mol. The molecule has 0 spiro atoms. The second-order valence-corrected chi connectivity index (χ2v) is 22.9. The van der Waals surface area contributed by atoms with Crippen LogP contribution in [0.25, 0.3) is 0 Å². The summed E-state index contributed by atoms with van der Waals surface area (Å²) in [5.41, 5.74) is 0. The van der Waals surface area contributed by atoms with Crippen molar-refractivity contribution in [2.24, 2.45) is 0 Å². The minimum absolute atomic E-state index is 1.23. The maximum absolute atomic E-state index is 7.57. The second kappa shape index (κ2) is 10.2. The van der Waals surface area contributed by atoms with Gasteiger partial charge in [0.05, 0.1) is 0 Å². The number of halogens is 2. The Morgan fingerprint density at radius 3 is 1.33 bits per heavy atom. The molecule has 0 heterocycles. The summed E-state index contributed by atoms with van der Waals surface area (Å²) in [6.07, 6.45) is 14.3. The maximum atomic E-state index is 7.57. The third-order valence-electron chi connectivity index (χ3n) is 4.70. The van der Waals surface area contributed by atoms with Gasteiger partial charge in [0.25, 0.3) is 0 Å². The summed E-state index contributed by atoms with van der Waals surface area (Å²) in [5.74, 6) is -2.01. The monoisotopic (exact) mass is 372 g/mol. The molecule has 0 fully saturated rings. The van der Waals surface area contributed by atoms with E-state index in [2.05, 4.69) is 33.9 Å². The minimum atomic E-state index is -2.01. The van der Waals surface area contributed by atoms with Crippen LogP contribution in [-0.4, -0.2) is 32.0 Å². The molecular formula is C17H39Cl2PSi. The molecule has 0 rings (SSSR count). The van der Waals surface area contributed by atoms with E-state index in [1.54, 1.807) is 0 Å². The first-order valence-electron chi connectivity index (χ1n) is 9.10. The predicted octanol–water partition coefficient (Wildman–Crippen LogP) is 7.93. The zero-order valence-corrected chi connectivity index (χ0v) is 18.6. The van der Waals surface area contributed by atoms with Crippen LogP contribution in [-0.2, 0) is 0 Å². The van der Waals surface area contributed by atoms with Gasteiger partial charge in [-0.25, -0.2) is 0 Å². The fourth-order valence-electron chi connectivity index (χ4n) is 3.23. The standard InChI is InChI=1S/C17H39Cl2PSi/c1-6-9-13-20(18,14-10-7-2,15-11-8-3)16-12-17-21(4,5)19/h6-17H2,1-5H3. The molecular weight excluding hydrogens is 334 g/mol. The Balaban J connectivity index is 4.95. The van der Waals surface area contributed by atoms with Crippen LogP contribution in [0, 0.1) is 0 Å². The van der Waals surface area contributed by atoms with Gasteiger partial charge in [0.1, 0.15) is 0 Å². The summed E-state index contributed by atoms with van der Waals surface area (Å²) in [5, 5.41) is 0. The first kappa shape index (κ1) is 22.2. The van der Waals surface area contributed by atoms with E-state index >= 15 is 0 Å². The molecule has 0 amide bonds. The molecule has 0 aliphatic rings. The quantitative estimate of drug-likeness (QED) is 0.175. The van der Waals surface area contributed by atoms with Gasteiger partial charge in [-0.2, -0.15) is 0 Å². The van der Waals surface area contributed by atoms with Crippen molar-refractivity contribution in [2.75, 3.05) is 24.6 Å². The first-order chi connectivity index (χ1) is 9.69. The van der Waals surface area contributed by atoms with Crippen molar-refractivity contribution < 1.29 is 0 Å². The third kappa shape index (κ3) is 9.85. The molecule has 0 aliphatic carbocycles. The molecule has 130 valence electrons. The van der Waals surface area contributed by atoms with Crippen molar-refractivity contribution in [3.05, 3.63) is 0 Å². The molecule has 0 N–H and O–H groups in total. The Kier molecular flexibility index (Phi) is 10.8. The number of rotatable bonds is 13. The molecule has 0 saturated heterocycles. The zero-order valence-electron chi connectivity index (χ0n) is 15.2. The van der Waals surface area contributed by atoms with Crippen molar-refractivity contribution >= 4 is 35.7 Å². The molecule has 0 nitrogen and oxygen atoms in total. The molecule has 0 atom stereocenters. The molecule has 0 bridgehead atoms. The molecule has 0 aromatic rings. The third-order valence-corrected chi connectivity index (χ3v) is 14.6. The topological polar surface area (TPSA) is 0 Å². The predicted molar refractivity (Wildman–Crippen MR) is 110 cm³/mol. The van der Waals surface area contributed by atoms with Crippen LogP contribution in [0.5, 0.6) is 0 Å². The fourth-order valence-corrected chi connectivity index (χ4v) is 12.0. The van der Waals surface area contributed by atoms with Crippen molar-refractivity contribution in [1.29, 1.82) is 0 Å². The van der Waals surface area contributed by atoms with Crippen molar-refractivity contribution in [3.8, 4) is 0 Å². The van der Waals surface area contributed by atoms with Crippen LogP contribution in [0.1, 0.15) is 65.7 Å². The molecule has 0 saturated carbocycles. The average Bonchev–Trinajstić information content (AvgIpc) is 2.40. The number of hydrogen-bond acceptors (Lipinski definition) is 0. The summed E-state index contributed by atoms with van der Waals surface area (Å²) in [6, 6.07) is 1.23.